The Morgan fingerprint density at radius 2 is 1.85 bits per heavy atom. The Kier molecular flexibility index (Phi) is 8.58. The Balaban J connectivity index is 1.88. The van der Waals surface area contributed by atoms with Crippen molar-refractivity contribution in [2.45, 2.75) is 52.9 Å². The molecule has 34 heavy (non-hydrogen) atoms. The van der Waals surface area contributed by atoms with Gasteiger partial charge in [-0.1, -0.05) is 68.5 Å². The molecule has 1 aromatic rings. The normalized spacial score (nSPS) is 16.8. The van der Waals surface area contributed by atoms with E-state index in [4.69, 9.17) is 0 Å². The molecular weight excluding hydrogens is 420 g/mol. The van der Waals surface area contributed by atoms with Gasteiger partial charge in [0.25, 0.3) is 0 Å². The molecule has 0 atom stereocenters. The number of aliphatic imine (C=N–C) groups is 2. The van der Waals surface area contributed by atoms with E-state index in [0.29, 0.717) is 5.84 Å². The first-order valence-corrected chi connectivity index (χ1v) is 12.0. The topological polar surface area (TPSA) is 57.1 Å². The molecule has 0 aromatic heterocycles. The molecule has 5 nitrogen and oxygen atoms in total. The molecule has 0 saturated heterocycles. The second kappa shape index (κ2) is 11.6. The van der Waals surface area contributed by atoms with Crippen LogP contribution in [-0.4, -0.2) is 36.1 Å². The van der Waals surface area contributed by atoms with Crippen LogP contribution in [0.5, 0.6) is 0 Å². The SMILES string of the molecule is C=CN=C(C)N(C)/C(CCC)=C(/Cc1ccc(C2=CCCC=C2C2=NCC(=O)N2)cc1)C(=C)C. The molecule has 1 aliphatic carbocycles. The Morgan fingerprint density at radius 1 is 1.18 bits per heavy atom. The molecule has 1 heterocycles. The summed E-state index contributed by atoms with van der Waals surface area (Å²) >= 11 is 0. The number of allylic oxidation sites excluding steroid dienone is 5. The number of amides is 1. The highest BCUT2D eigenvalue weighted by Gasteiger charge is 2.22. The Labute approximate surface area is 204 Å². The van der Waals surface area contributed by atoms with Gasteiger partial charge >= 0.3 is 0 Å². The Morgan fingerprint density at radius 3 is 2.41 bits per heavy atom. The minimum absolute atomic E-state index is 0.0449. The van der Waals surface area contributed by atoms with Crippen molar-refractivity contribution >= 4 is 23.2 Å². The zero-order valence-electron chi connectivity index (χ0n) is 20.9. The van der Waals surface area contributed by atoms with E-state index in [-0.39, 0.29) is 12.5 Å². The van der Waals surface area contributed by atoms with Crippen molar-refractivity contribution in [2.75, 3.05) is 13.6 Å². The van der Waals surface area contributed by atoms with Crippen LogP contribution in [0.3, 0.4) is 0 Å². The summed E-state index contributed by atoms with van der Waals surface area (Å²) in [7, 11) is 2.06. The summed E-state index contributed by atoms with van der Waals surface area (Å²) in [4.78, 5) is 22.6. The zero-order valence-corrected chi connectivity index (χ0v) is 20.9. The third kappa shape index (κ3) is 5.90. The van der Waals surface area contributed by atoms with Crippen molar-refractivity contribution in [3.05, 3.63) is 89.3 Å². The lowest BCUT2D eigenvalue weighted by Gasteiger charge is -2.26. The quantitative estimate of drug-likeness (QED) is 0.282. The summed E-state index contributed by atoms with van der Waals surface area (Å²) in [5.74, 6) is 1.56. The van der Waals surface area contributed by atoms with E-state index >= 15 is 0 Å². The molecule has 0 saturated carbocycles. The van der Waals surface area contributed by atoms with Gasteiger partial charge in [0.1, 0.15) is 18.2 Å². The van der Waals surface area contributed by atoms with E-state index in [0.717, 1.165) is 60.2 Å². The number of hydrogen-bond donors (Lipinski definition) is 1. The van der Waals surface area contributed by atoms with Crippen LogP contribution in [0.1, 0.15) is 57.6 Å². The lowest BCUT2D eigenvalue weighted by Crippen LogP contribution is -2.26. The number of carbonyl (C=O) groups excluding carboxylic acids is 1. The maximum Gasteiger partial charge on any atom is 0.247 e. The van der Waals surface area contributed by atoms with Gasteiger partial charge in [0, 0.05) is 24.5 Å². The van der Waals surface area contributed by atoms with Gasteiger partial charge in [-0.2, -0.15) is 0 Å². The van der Waals surface area contributed by atoms with Gasteiger partial charge in [0.2, 0.25) is 5.91 Å². The average Bonchev–Trinajstić information content (AvgIpc) is 3.27. The standard InChI is InChI=1S/C29H36N4O/c1-7-11-27(33(6)21(5)30-8-2)26(20(3)4)18-22-14-16-23(17-15-22)24-12-9-10-13-25(24)29-31-19-28(34)32-29/h8,12-17H,2-3,7,9-11,18-19H2,1,4-6H3,(H,31,32,34)/b27-26-,30-21?. The Hall–Kier alpha value is -3.47. The second-order valence-electron chi connectivity index (χ2n) is 8.77. The van der Waals surface area contributed by atoms with Gasteiger partial charge in [0.15, 0.2) is 0 Å². The first-order chi connectivity index (χ1) is 16.3. The highest BCUT2D eigenvalue weighted by molar-refractivity contribution is 6.20. The summed E-state index contributed by atoms with van der Waals surface area (Å²) < 4.78 is 0. The molecule has 5 heteroatoms. The van der Waals surface area contributed by atoms with E-state index in [1.54, 1.807) is 6.20 Å². The number of nitrogens with one attached hydrogen (secondary N) is 1. The smallest absolute Gasteiger partial charge is 0.247 e. The monoisotopic (exact) mass is 456 g/mol. The zero-order chi connectivity index (χ0) is 24.7. The van der Waals surface area contributed by atoms with Crippen LogP contribution in [0.4, 0.5) is 0 Å². The van der Waals surface area contributed by atoms with Gasteiger partial charge in [-0.3, -0.25) is 9.79 Å². The molecule has 2 aliphatic rings. The third-order valence-corrected chi connectivity index (χ3v) is 6.21. The lowest BCUT2D eigenvalue weighted by molar-refractivity contribution is -0.117. The largest absolute Gasteiger partial charge is 0.337 e. The number of hydrogen-bond acceptors (Lipinski definition) is 3. The van der Waals surface area contributed by atoms with Crippen LogP contribution in [0.25, 0.3) is 5.57 Å². The predicted octanol–water partition coefficient (Wildman–Crippen LogP) is 5.99. The van der Waals surface area contributed by atoms with Gasteiger partial charge in [0.05, 0.1) is 0 Å². The van der Waals surface area contributed by atoms with Crippen LogP contribution in [0.2, 0.25) is 0 Å². The minimum Gasteiger partial charge on any atom is -0.337 e. The molecule has 1 N–H and O–H groups in total. The summed E-state index contributed by atoms with van der Waals surface area (Å²) in [5, 5.41) is 2.89. The minimum atomic E-state index is -0.0449. The van der Waals surface area contributed by atoms with E-state index in [1.807, 2.05) is 6.92 Å². The molecule has 0 spiro atoms. The molecular formula is C29H36N4O. The molecule has 3 rings (SSSR count). The highest BCUT2D eigenvalue weighted by atomic mass is 16.2. The second-order valence-corrected chi connectivity index (χ2v) is 8.77. The molecule has 0 radical (unpaired) electrons. The van der Waals surface area contributed by atoms with Crippen molar-refractivity contribution < 1.29 is 4.79 Å². The van der Waals surface area contributed by atoms with E-state index in [2.05, 4.69) is 90.7 Å². The number of carbonyl (C=O) groups is 1. The Bertz CT molecular complexity index is 1110. The highest BCUT2D eigenvalue weighted by Crippen LogP contribution is 2.31. The van der Waals surface area contributed by atoms with Crippen molar-refractivity contribution in [2.24, 2.45) is 9.98 Å². The van der Waals surface area contributed by atoms with Crippen LogP contribution in [-0.2, 0) is 11.2 Å². The van der Waals surface area contributed by atoms with Crippen LogP contribution >= 0.6 is 0 Å². The summed E-state index contributed by atoms with van der Waals surface area (Å²) in [6.07, 6.45) is 10.8. The molecule has 178 valence electrons. The van der Waals surface area contributed by atoms with Crippen molar-refractivity contribution in [3.8, 4) is 0 Å². The number of amidine groups is 2. The van der Waals surface area contributed by atoms with E-state index in [9.17, 15) is 4.79 Å². The maximum absolute atomic E-state index is 11.7. The third-order valence-electron chi connectivity index (χ3n) is 6.21. The van der Waals surface area contributed by atoms with Gasteiger partial charge in [-0.25, -0.2) is 4.99 Å². The molecule has 0 fully saturated rings. The van der Waals surface area contributed by atoms with Crippen molar-refractivity contribution in [3.63, 3.8) is 0 Å². The van der Waals surface area contributed by atoms with Crippen LogP contribution < -0.4 is 5.32 Å². The van der Waals surface area contributed by atoms with Crippen molar-refractivity contribution in [1.82, 2.24) is 10.2 Å². The maximum atomic E-state index is 11.7. The molecule has 1 aromatic carbocycles. The first-order valence-electron chi connectivity index (χ1n) is 12.0. The molecule has 0 unspecified atom stereocenters. The van der Waals surface area contributed by atoms with E-state index in [1.165, 1.54) is 16.8 Å². The predicted molar refractivity (Wildman–Crippen MR) is 144 cm³/mol. The average molecular weight is 457 g/mol. The summed E-state index contributed by atoms with van der Waals surface area (Å²) in [6, 6.07) is 8.71. The van der Waals surface area contributed by atoms with Gasteiger partial charge in [-0.15, -0.1) is 0 Å². The molecule has 1 amide bonds. The number of nitrogens with zero attached hydrogens (tertiary/aromatic N) is 3. The molecule has 1 aliphatic heterocycles. The van der Waals surface area contributed by atoms with Gasteiger partial charge in [-0.05, 0) is 61.8 Å². The summed E-state index contributed by atoms with van der Waals surface area (Å²) in [5.41, 5.74) is 8.10. The fourth-order valence-corrected chi connectivity index (χ4v) is 4.36. The van der Waals surface area contributed by atoms with Crippen LogP contribution in [0.15, 0.2) is 88.2 Å². The number of rotatable bonds is 9. The van der Waals surface area contributed by atoms with E-state index < -0.39 is 0 Å². The molecule has 0 bridgehead atoms. The fraction of sp³-hybridized carbons (Fsp3) is 0.345. The number of benzene rings is 1. The first kappa shape index (κ1) is 25.2. The van der Waals surface area contributed by atoms with Gasteiger partial charge < -0.3 is 10.2 Å². The fourth-order valence-electron chi connectivity index (χ4n) is 4.36. The summed E-state index contributed by atoms with van der Waals surface area (Å²) in [6.45, 7) is 14.5. The van der Waals surface area contributed by atoms with Crippen molar-refractivity contribution in [1.29, 1.82) is 0 Å². The van der Waals surface area contributed by atoms with Crippen LogP contribution in [0, 0.1) is 0 Å². The lowest BCUT2D eigenvalue weighted by atomic mass is 9.89.